The smallest absolute Gasteiger partial charge is 0.338 e. The van der Waals surface area contributed by atoms with Gasteiger partial charge in [0.05, 0.1) is 5.56 Å². The molecular formula is C11H14ClNO2. The summed E-state index contributed by atoms with van der Waals surface area (Å²) in [4.78, 5) is 13.4. The highest BCUT2D eigenvalue weighted by Crippen LogP contribution is 2.10. The third-order valence-electron chi connectivity index (χ3n) is 1.85. The SMILES string of the molecule is CN(C)CCOC(=O)c1ccc(Cl)cc1. The minimum absolute atomic E-state index is 0.312. The van der Waals surface area contributed by atoms with Crippen molar-refractivity contribution in [2.45, 2.75) is 0 Å². The van der Waals surface area contributed by atoms with E-state index in [4.69, 9.17) is 16.3 Å². The van der Waals surface area contributed by atoms with Gasteiger partial charge in [0, 0.05) is 11.6 Å². The molecule has 0 spiro atoms. The maximum Gasteiger partial charge on any atom is 0.338 e. The Bertz CT molecular complexity index is 322. The summed E-state index contributed by atoms with van der Waals surface area (Å²) in [6.45, 7) is 1.12. The molecule has 3 nitrogen and oxygen atoms in total. The third-order valence-corrected chi connectivity index (χ3v) is 2.10. The number of nitrogens with zero attached hydrogens (tertiary/aromatic N) is 1. The molecule has 0 bridgehead atoms. The highest BCUT2D eigenvalue weighted by Gasteiger charge is 2.06. The Morgan fingerprint density at radius 2 is 1.93 bits per heavy atom. The Morgan fingerprint density at radius 1 is 1.33 bits per heavy atom. The van der Waals surface area contributed by atoms with Gasteiger partial charge >= 0.3 is 5.97 Å². The molecule has 0 aliphatic rings. The van der Waals surface area contributed by atoms with E-state index in [0.717, 1.165) is 6.54 Å². The maximum absolute atomic E-state index is 11.5. The van der Waals surface area contributed by atoms with Crippen LogP contribution in [0.4, 0.5) is 0 Å². The molecule has 15 heavy (non-hydrogen) atoms. The van der Waals surface area contributed by atoms with Crippen molar-refractivity contribution in [1.82, 2.24) is 4.90 Å². The van der Waals surface area contributed by atoms with Crippen LogP contribution in [0.3, 0.4) is 0 Å². The van der Waals surface area contributed by atoms with Crippen molar-refractivity contribution in [2.75, 3.05) is 27.2 Å². The molecule has 0 aliphatic carbocycles. The molecule has 0 aromatic heterocycles. The highest BCUT2D eigenvalue weighted by atomic mass is 35.5. The largest absolute Gasteiger partial charge is 0.461 e. The Morgan fingerprint density at radius 3 is 2.47 bits per heavy atom. The molecular weight excluding hydrogens is 214 g/mol. The number of hydrogen-bond donors (Lipinski definition) is 0. The normalized spacial score (nSPS) is 10.4. The number of hydrogen-bond acceptors (Lipinski definition) is 3. The summed E-state index contributed by atoms with van der Waals surface area (Å²) in [5, 5.41) is 0.611. The Labute approximate surface area is 94.6 Å². The van der Waals surface area contributed by atoms with Gasteiger partial charge in [0.2, 0.25) is 0 Å². The molecule has 0 saturated carbocycles. The van der Waals surface area contributed by atoms with E-state index in [1.54, 1.807) is 24.3 Å². The van der Waals surface area contributed by atoms with Gasteiger partial charge in [0.1, 0.15) is 6.61 Å². The number of likely N-dealkylation sites (N-methyl/N-ethyl adjacent to an activating group) is 1. The van der Waals surface area contributed by atoms with E-state index < -0.39 is 0 Å². The molecule has 0 aliphatic heterocycles. The van der Waals surface area contributed by atoms with E-state index >= 15 is 0 Å². The molecule has 0 heterocycles. The van der Waals surface area contributed by atoms with Gasteiger partial charge in [-0.05, 0) is 38.4 Å². The van der Waals surface area contributed by atoms with Crippen molar-refractivity contribution >= 4 is 17.6 Å². The van der Waals surface area contributed by atoms with E-state index in [2.05, 4.69) is 0 Å². The minimum atomic E-state index is -0.312. The summed E-state index contributed by atoms with van der Waals surface area (Å²) < 4.78 is 5.06. The molecule has 82 valence electrons. The first-order valence-corrected chi connectivity index (χ1v) is 5.05. The minimum Gasteiger partial charge on any atom is -0.461 e. The summed E-state index contributed by atoms with van der Waals surface area (Å²) in [6.07, 6.45) is 0. The van der Waals surface area contributed by atoms with Gasteiger partial charge in [0.25, 0.3) is 0 Å². The number of benzene rings is 1. The summed E-state index contributed by atoms with van der Waals surface area (Å²) >= 11 is 5.70. The zero-order valence-corrected chi connectivity index (χ0v) is 9.62. The summed E-state index contributed by atoms with van der Waals surface area (Å²) in [6, 6.07) is 6.65. The van der Waals surface area contributed by atoms with Crippen LogP contribution in [-0.2, 0) is 4.74 Å². The van der Waals surface area contributed by atoms with Gasteiger partial charge in [0.15, 0.2) is 0 Å². The maximum atomic E-state index is 11.5. The second-order valence-corrected chi connectivity index (χ2v) is 3.88. The molecule has 0 fully saturated rings. The topological polar surface area (TPSA) is 29.5 Å². The van der Waals surface area contributed by atoms with Crippen LogP contribution in [0, 0.1) is 0 Å². The van der Waals surface area contributed by atoms with Crippen LogP contribution in [0.15, 0.2) is 24.3 Å². The Hall–Kier alpha value is -1.06. The fraction of sp³-hybridized carbons (Fsp3) is 0.364. The molecule has 1 aromatic carbocycles. The average Bonchev–Trinajstić information content (AvgIpc) is 2.18. The first-order valence-electron chi connectivity index (χ1n) is 4.67. The van der Waals surface area contributed by atoms with Crippen LogP contribution in [0.2, 0.25) is 5.02 Å². The predicted molar refractivity (Wildman–Crippen MR) is 60.3 cm³/mol. The van der Waals surface area contributed by atoms with E-state index in [1.807, 2.05) is 19.0 Å². The van der Waals surface area contributed by atoms with E-state index in [0.29, 0.717) is 17.2 Å². The average molecular weight is 228 g/mol. The van der Waals surface area contributed by atoms with E-state index in [9.17, 15) is 4.79 Å². The fourth-order valence-electron chi connectivity index (χ4n) is 0.990. The molecule has 0 amide bonds. The lowest BCUT2D eigenvalue weighted by atomic mass is 10.2. The third kappa shape index (κ3) is 4.32. The predicted octanol–water partition coefficient (Wildman–Crippen LogP) is 2.06. The van der Waals surface area contributed by atoms with E-state index in [1.165, 1.54) is 0 Å². The van der Waals surface area contributed by atoms with Gasteiger partial charge in [-0.15, -0.1) is 0 Å². The lowest BCUT2D eigenvalue weighted by Gasteiger charge is -2.09. The van der Waals surface area contributed by atoms with Crippen LogP contribution < -0.4 is 0 Å². The Balaban J connectivity index is 2.43. The number of ether oxygens (including phenoxy) is 1. The monoisotopic (exact) mass is 227 g/mol. The number of esters is 1. The lowest BCUT2D eigenvalue weighted by Crippen LogP contribution is -2.20. The first kappa shape index (κ1) is 12.0. The lowest BCUT2D eigenvalue weighted by molar-refractivity contribution is 0.0482. The number of halogens is 1. The van der Waals surface area contributed by atoms with Crippen molar-refractivity contribution < 1.29 is 9.53 Å². The zero-order valence-electron chi connectivity index (χ0n) is 8.87. The first-order chi connectivity index (χ1) is 7.09. The highest BCUT2D eigenvalue weighted by molar-refractivity contribution is 6.30. The number of carbonyl (C=O) groups is 1. The van der Waals surface area contributed by atoms with Gasteiger partial charge in [-0.25, -0.2) is 4.79 Å². The number of rotatable bonds is 4. The summed E-state index contributed by atoms with van der Waals surface area (Å²) in [7, 11) is 3.85. The van der Waals surface area contributed by atoms with Crippen LogP contribution in [0.1, 0.15) is 10.4 Å². The number of carbonyl (C=O) groups excluding carboxylic acids is 1. The van der Waals surface area contributed by atoms with Crippen LogP contribution in [0.5, 0.6) is 0 Å². The van der Waals surface area contributed by atoms with Crippen molar-refractivity contribution in [1.29, 1.82) is 0 Å². The molecule has 4 heteroatoms. The molecule has 0 unspecified atom stereocenters. The quantitative estimate of drug-likeness (QED) is 0.738. The van der Waals surface area contributed by atoms with Crippen LogP contribution in [-0.4, -0.2) is 38.1 Å². The van der Waals surface area contributed by atoms with Crippen LogP contribution >= 0.6 is 11.6 Å². The standard InChI is InChI=1S/C11H14ClNO2/c1-13(2)7-8-15-11(14)9-3-5-10(12)6-4-9/h3-6H,7-8H2,1-2H3. The molecule has 0 atom stereocenters. The second-order valence-electron chi connectivity index (χ2n) is 3.45. The molecule has 1 aromatic rings. The Kier molecular flexibility index (Phi) is 4.59. The van der Waals surface area contributed by atoms with Gasteiger partial charge in [-0.2, -0.15) is 0 Å². The molecule has 1 rings (SSSR count). The molecule has 0 radical (unpaired) electrons. The van der Waals surface area contributed by atoms with Gasteiger partial charge in [-0.3, -0.25) is 0 Å². The summed E-state index contributed by atoms with van der Waals surface area (Å²) in [5.74, 6) is -0.312. The van der Waals surface area contributed by atoms with Crippen molar-refractivity contribution in [3.63, 3.8) is 0 Å². The summed E-state index contributed by atoms with van der Waals surface area (Å²) in [5.41, 5.74) is 0.526. The van der Waals surface area contributed by atoms with E-state index in [-0.39, 0.29) is 5.97 Å². The second kappa shape index (κ2) is 5.73. The van der Waals surface area contributed by atoms with Crippen molar-refractivity contribution in [3.8, 4) is 0 Å². The fourth-order valence-corrected chi connectivity index (χ4v) is 1.12. The van der Waals surface area contributed by atoms with Crippen LogP contribution in [0.25, 0.3) is 0 Å². The van der Waals surface area contributed by atoms with Gasteiger partial charge < -0.3 is 9.64 Å². The van der Waals surface area contributed by atoms with Crippen molar-refractivity contribution in [3.05, 3.63) is 34.9 Å². The molecule has 0 N–H and O–H groups in total. The van der Waals surface area contributed by atoms with Gasteiger partial charge in [-0.1, -0.05) is 11.6 Å². The molecule has 0 saturated heterocycles. The van der Waals surface area contributed by atoms with Crippen molar-refractivity contribution in [2.24, 2.45) is 0 Å². The zero-order chi connectivity index (χ0) is 11.3.